The standard InChI is InChI=1S/C14H15ClN2O5/c1-2-22-13(20)11-9(6-15)16-14(21)17-12(11)8-4-3-7(18)5-10(8)19/h3-5,12,18-19H,2,6H2,1H3,(H2,16,17,21)/t12-/m0/s1. The van der Waals surface area contributed by atoms with E-state index in [1.807, 2.05) is 0 Å². The molecule has 1 aliphatic heterocycles. The largest absolute Gasteiger partial charge is 0.508 e. The second-order valence-electron chi connectivity index (χ2n) is 4.52. The summed E-state index contributed by atoms with van der Waals surface area (Å²) in [5, 5.41) is 24.3. The van der Waals surface area contributed by atoms with Crippen LogP contribution in [0.15, 0.2) is 29.5 Å². The van der Waals surface area contributed by atoms with Crippen LogP contribution in [0.1, 0.15) is 18.5 Å². The van der Waals surface area contributed by atoms with Crippen molar-refractivity contribution >= 4 is 23.6 Å². The van der Waals surface area contributed by atoms with Crippen LogP contribution in [0.2, 0.25) is 0 Å². The number of esters is 1. The van der Waals surface area contributed by atoms with E-state index in [1.165, 1.54) is 12.1 Å². The maximum absolute atomic E-state index is 12.2. The quantitative estimate of drug-likeness (QED) is 0.495. The molecule has 0 unspecified atom stereocenters. The first kappa shape index (κ1) is 16.0. The first-order valence-corrected chi connectivity index (χ1v) is 7.06. The average molecular weight is 327 g/mol. The Morgan fingerprint density at radius 1 is 1.41 bits per heavy atom. The minimum atomic E-state index is -0.929. The molecule has 7 nitrogen and oxygen atoms in total. The van der Waals surface area contributed by atoms with Gasteiger partial charge in [0, 0.05) is 17.3 Å². The van der Waals surface area contributed by atoms with Crippen LogP contribution in [0.5, 0.6) is 11.5 Å². The molecule has 1 heterocycles. The molecule has 1 aromatic rings. The number of urea groups is 1. The molecule has 0 bridgehead atoms. The van der Waals surface area contributed by atoms with Crippen molar-refractivity contribution in [2.24, 2.45) is 0 Å². The van der Waals surface area contributed by atoms with Crippen LogP contribution in [-0.4, -0.2) is 34.7 Å². The number of allylic oxidation sites excluding steroid dienone is 1. The molecule has 4 N–H and O–H groups in total. The van der Waals surface area contributed by atoms with Crippen LogP contribution in [0, 0.1) is 0 Å². The molecule has 2 amide bonds. The van der Waals surface area contributed by atoms with Gasteiger partial charge in [0.25, 0.3) is 0 Å². The smallest absolute Gasteiger partial charge is 0.338 e. The van der Waals surface area contributed by atoms with E-state index in [2.05, 4.69) is 10.6 Å². The Hall–Kier alpha value is -2.41. The Bertz CT molecular complexity index is 644. The molecule has 0 spiro atoms. The van der Waals surface area contributed by atoms with Gasteiger partial charge >= 0.3 is 12.0 Å². The first-order valence-electron chi connectivity index (χ1n) is 6.53. The Labute approximate surface area is 131 Å². The molecule has 118 valence electrons. The number of amides is 2. The summed E-state index contributed by atoms with van der Waals surface area (Å²) in [4.78, 5) is 23.9. The highest BCUT2D eigenvalue weighted by Gasteiger charge is 2.34. The number of hydrogen-bond acceptors (Lipinski definition) is 5. The maximum Gasteiger partial charge on any atom is 0.338 e. The second kappa shape index (κ2) is 6.57. The zero-order chi connectivity index (χ0) is 16.3. The number of rotatable bonds is 4. The van der Waals surface area contributed by atoms with E-state index in [1.54, 1.807) is 6.92 Å². The van der Waals surface area contributed by atoms with E-state index in [4.69, 9.17) is 16.3 Å². The van der Waals surface area contributed by atoms with Gasteiger partial charge in [-0.1, -0.05) is 0 Å². The fourth-order valence-corrected chi connectivity index (χ4v) is 2.39. The van der Waals surface area contributed by atoms with Crippen molar-refractivity contribution < 1.29 is 24.5 Å². The molecule has 1 aliphatic rings. The SMILES string of the molecule is CCOC(=O)C1=C(CCl)NC(=O)N[C@H]1c1ccc(O)cc1O. The summed E-state index contributed by atoms with van der Waals surface area (Å²) in [5.41, 5.74) is 0.567. The van der Waals surface area contributed by atoms with Gasteiger partial charge in [0.05, 0.1) is 24.1 Å². The fourth-order valence-electron chi connectivity index (χ4n) is 2.18. The van der Waals surface area contributed by atoms with Gasteiger partial charge in [-0.3, -0.25) is 0 Å². The lowest BCUT2D eigenvalue weighted by atomic mass is 9.94. The average Bonchev–Trinajstić information content (AvgIpc) is 2.46. The van der Waals surface area contributed by atoms with Crippen LogP contribution in [-0.2, 0) is 9.53 Å². The van der Waals surface area contributed by atoms with Gasteiger partial charge in [0.2, 0.25) is 0 Å². The van der Waals surface area contributed by atoms with Crippen molar-refractivity contribution in [3.8, 4) is 11.5 Å². The first-order chi connectivity index (χ1) is 10.5. The van der Waals surface area contributed by atoms with Crippen LogP contribution in [0.25, 0.3) is 0 Å². The third-order valence-electron chi connectivity index (χ3n) is 3.11. The number of benzene rings is 1. The van der Waals surface area contributed by atoms with E-state index in [0.29, 0.717) is 0 Å². The topological polar surface area (TPSA) is 108 Å². The van der Waals surface area contributed by atoms with Gasteiger partial charge in [-0.15, -0.1) is 11.6 Å². The Morgan fingerprint density at radius 2 is 2.14 bits per heavy atom. The number of carbonyl (C=O) groups excluding carboxylic acids is 2. The van der Waals surface area contributed by atoms with Crippen LogP contribution in [0.4, 0.5) is 4.79 Å². The third kappa shape index (κ3) is 3.09. The van der Waals surface area contributed by atoms with Crippen LogP contribution >= 0.6 is 11.6 Å². The summed E-state index contributed by atoms with van der Waals surface area (Å²) in [5.74, 6) is -1.15. The summed E-state index contributed by atoms with van der Waals surface area (Å²) in [6, 6.07) is 2.38. The van der Waals surface area contributed by atoms with Crippen LogP contribution in [0.3, 0.4) is 0 Å². The van der Waals surface area contributed by atoms with Crippen molar-refractivity contribution in [2.75, 3.05) is 12.5 Å². The molecule has 0 saturated heterocycles. The molecule has 8 heteroatoms. The second-order valence-corrected chi connectivity index (χ2v) is 4.79. The van der Waals surface area contributed by atoms with Crippen molar-refractivity contribution in [2.45, 2.75) is 13.0 Å². The van der Waals surface area contributed by atoms with Gasteiger partial charge in [-0.2, -0.15) is 0 Å². The van der Waals surface area contributed by atoms with Gasteiger partial charge in [-0.25, -0.2) is 9.59 Å². The maximum atomic E-state index is 12.2. The summed E-state index contributed by atoms with van der Waals surface area (Å²) >= 11 is 5.79. The van der Waals surface area contributed by atoms with Crippen molar-refractivity contribution in [3.05, 3.63) is 35.0 Å². The van der Waals surface area contributed by atoms with E-state index >= 15 is 0 Å². The van der Waals surface area contributed by atoms with Crippen molar-refractivity contribution in [1.29, 1.82) is 0 Å². The number of nitrogens with one attached hydrogen (secondary N) is 2. The lowest BCUT2D eigenvalue weighted by Crippen LogP contribution is -2.46. The van der Waals surface area contributed by atoms with E-state index < -0.39 is 18.0 Å². The minimum Gasteiger partial charge on any atom is -0.508 e. The van der Waals surface area contributed by atoms with Crippen molar-refractivity contribution in [3.63, 3.8) is 0 Å². The van der Waals surface area contributed by atoms with E-state index in [9.17, 15) is 19.8 Å². The summed E-state index contributed by atoms with van der Waals surface area (Å²) in [6.07, 6.45) is 0. The number of aromatic hydroxyl groups is 2. The normalized spacial score (nSPS) is 17.7. The zero-order valence-electron chi connectivity index (χ0n) is 11.7. The lowest BCUT2D eigenvalue weighted by Gasteiger charge is -2.29. The molecule has 0 fully saturated rings. The predicted octanol–water partition coefficient (Wildman–Crippen LogP) is 1.51. The number of ether oxygens (including phenoxy) is 1. The molecule has 0 aliphatic carbocycles. The Kier molecular flexibility index (Phi) is 4.77. The van der Waals surface area contributed by atoms with Gasteiger partial charge < -0.3 is 25.6 Å². The highest BCUT2D eigenvalue weighted by Crippen LogP contribution is 2.35. The number of carbonyl (C=O) groups is 2. The third-order valence-corrected chi connectivity index (χ3v) is 3.37. The molecular weight excluding hydrogens is 312 g/mol. The molecule has 1 atom stereocenters. The number of phenols is 2. The fraction of sp³-hybridized carbons (Fsp3) is 0.286. The number of alkyl halides is 1. The molecule has 22 heavy (non-hydrogen) atoms. The Morgan fingerprint density at radius 3 is 2.73 bits per heavy atom. The monoisotopic (exact) mass is 326 g/mol. The number of hydrogen-bond donors (Lipinski definition) is 4. The zero-order valence-corrected chi connectivity index (χ0v) is 12.5. The highest BCUT2D eigenvalue weighted by molar-refractivity contribution is 6.20. The van der Waals surface area contributed by atoms with Gasteiger partial charge in [0.1, 0.15) is 11.5 Å². The molecular formula is C14H15ClN2O5. The van der Waals surface area contributed by atoms with E-state index in [0.717, 1.165) is 6.07 Å². The van der Waals surface area contributed by atoms with Gasteiger partial charge in [-0.05, 0) is 19.1 Å². The highest BCUT2D eigenvalue weighted by atomic mass is 35.5. The Balaban J connectivity index is 2.54. The van der Waals surface area contributed by atoms with Crippen LogP contribution < -0.4 is 10.6 Å². The molecule has 0 aromatic heterocycles. The molecule has 0 saturated carbocycles. The number of halogens is 1. The minimum absolute atomic E-state index is 0.100. The predicted molar refractivity (Wildman–Crippen MR) is 78.6 cm³/mol. The number of phenolic OH excluding ortho intramolecular Hbond substituents is 2. The lowest BCUT2D eigenvalue weighted by molar-refractivity contribution is -0.139. The molecule has 0 radical (unpaired) electrons. The molecule has 2 rings (SSSR count). The molecule has 1 aromatic carbocycles. The van der Waals surface area contributed by atoms with Gasteiger partial charge in [0.15, 0.2) is 0 Å². The van der Waals surface area contributed by atoms with Crippen molar-refractivity contribution in [1.82, 2.24) is 10.6 Å². The summed E-state index contributed by atoms with van der Waals surface area (Å²) in [6.45, 7) is 1.81. The summed E-state index contributed by atoms with van der Waals surface area (Å²) < 4.78 is 4.99. The summed E-state index contributed by atoms with van der Waals surface area (Å²) in [7, 11) is 0. The van der Waals surface area contributed by atoms with E-state index in [-0.39, 0.29) is 40.8 Å².